The van der Waals surface area contributed by atoms with Gasteiger partial charge in [-0.05, 0) is 50.8 Å². The molecular formula is C26H23F6N7O. The maximum Gasteiger partial charge on any atom is 0.416 e. The van der Waals surface area contributed by atoms with Crippen LogP contribution in [0.3, 0.4) is 0 Å². The molecule has 0 N–H and O–H groups in total. The van der Waals surface area contributed by atoms with Crippen LogP contribution in [-0.2, 0) is 10.9 Å². The van der Waals surface area contributed by atoms with Gasteiger partial charge in [0.15, 0.2) is 5.65 Å². The molecule has 6 rings (SSSR count). The lowest BCUT2D eigenvalue weighted by atomic mass is 10.1. The molecule has 40 heavy (non-hydrogen) atoms. The second-order valence-corrected chi connectivity index (χ2v) is 10.1. The number of nitrogens with zero attached hydrogens (tertiary/aromatic N) is 7. The van der Waals surface area contributed by atoms with Crippen molar-refractivity contribution < 1.29 is 31.1 Å². The molecule has 3 aromatic heterocycles. The van der Waals surface area contributed by atoms with E-state index in [1.807, 2.05) is 0 Å². The summed E-state index contributed by atoms with van der Waals surface area (Å²) >= 11 is 0. The van der Waals surface area contributed by atoms with Gasteiger partial charge >= 0.3 is 12.7 Å². The van der Waals surface area contributed by atoms with Gasteiger partial charge in [-0.1, -0.05) is 0 Å². The molecule has 4 heterocycles. The highest BCUT2D eigenvalue weighted by Gasteiger charge is 2.40. The van der Waals surface area contributed by atoms with Crippen LogP contribution in [0.2, 0.25) is 0 Å². The summed E-state index contributed by atoms with van der Waals surface area (Å²) in [6.07, 6.45) is -1.13. The molecule has 1 aliphatic heterocycles. The first-order chi connectivity index (χ1) is 19.0. The van der Waals surface area contributed by atoms with Crippen molar-refractivity contribution in [2.75, 3.05) is 18.0 Å². The van der Waals surface area contributed by atoms with Gasteiger partial charge in [0.25, 0.3) is 0 Å². The van der Waals surface area contributed by atoms with E-state index in [1.165, 1.54) is 12.4 Å². The molecule has 210 valence electrons. The fraction of sp³-hybridized carbons (Fsp3) is 0.423. The number of halogens is 6. The molecule has 14 heteroatoms. The summed E-state index contributed by atoms with van der Waals surface area (Å²) in [5, 5.41) is 3.72. The Balaban J connectivity index is 1.45. The summed E-state index contributed by atoms with van der Waals surface area (Å²) in [5.74, 6) is -0.692. The fourth-order valence-corrected chi connectivity index (χ4v) is 4.80. The number of morpholine rings is 1. The van der Waals surface area contributed by atoms with Gasteiger partial charge in [-0.3, -0.25) is 0 Å². The highest BCUT2D eigenvalue weighted by Crippen LogP contribution is 2.41. The van der Waals surface area contributed by atoms with Gasteiger partial charge in [-0.15, -0.1) is 0 Å². The molecule has 8 nitrogen and oxygen atoms in total. The number of hydrogen-bond acceptors (Lipinski definition) is 7. The van der Waals surface area contributed by atoms with Crippen molar-refractivity contribution in [1.29, 1.82) is 0 Å². The maximum atomic E-state index is 15.2. The lowest BCUT2D eigenvalue weighted by Crippen LogP contribution is -2.45. The Bertz CT molecular complexity index is 1590. The molecule has 1 saturated carbocycles. The Morgan fingerprint density at radius 3 is 2.40 bits per heavy atom. The smallest absolute Gasteiger partial charge is 0.366 e. The highest BCUT2D eigenvalue weighted by atomic mass is 19.4. The molecule has 1 saturated heterocycles. The average molecular weight is 564 g/mol. The number of anilines is 1. The first-order valence-corrected chi connectivity index (χ1v) is 12.6. The number of fused-ring (bicyclic) bond motifs is 1. The van der Waals surface area contributed by atoms with Crippen molar-refractivity contribution in [3.63, 3.8) is 0 Å². The van der Waals surface area contributed by atoms with Gasteiger partial charge in [0.1, 0.15) is 23.1 Å². The minimum atomic E-state index is -4.72. The summed E-state index contributed by atoms with van der Waals surface area (Å²) in [4.78, 5) is 20.0. The summed E-state index contributed by atoms with van der Waals surface area (Å²) < 4.78 is 87.9. The molecule has 2 aliphatic rings. The Kier molecular flexibility index (Phi) is 6.39. The Labute approximate surface area is 224 Å². The quantitative estimate of drug-likeness (QED) is 0.284. The summed E-state index contributed by atoms with van der Waals surface area (Å²) in [6.45, 7) is 1.19. The van der Waals surface area contributed by atoms with Gasteiger partial charge in [0.2, 0.25) is 5.95 Å². The van der Waals surface area contributed by atoms with Crippen molar-refractivity contribution >= 4 is 17.1 Å². The molecule has 1 aliphatic carbocycles. The summed E-state index contributed by atoms with van der Waals surface area (Å²) in [7, 11) is 0. The van der Waals surface area contributed by atoms with Gasteiger partial charge < -0.3 is 9.64 Å². The molecule has 2 atom stereocenters. The van der Waals surface area contributed by atoms with Crippen LogP contribution in [0.5, 0.6) is 0 Å². The van der Waals surface area contributed by atoms with Crippen molar-refractivity contribution in [3.05, 3.63) is 58.9 Å². The predicted octanol–water partition coefficient (Wildman–Crippen LogP) is 5.81. The molecule has 2 fully saturated rings. The van der Waals surface area contributed by atoms with E-state index < -0.39 is 30.2 Å². The topological polar surface area (TPSA) is 81.9 Å². The van der Waals surface area contributed by atoms with Crippen LogP contribution in [0.25, 0.3) is 22.4 Å². The number of benzene rings is 1. The number of ether oxygens (including phenoxy) is 1. The van der Waals surface area contributed by atoms with Crippen molar-refractivity contribution in [2.45, 2.75) is 51.6 Å². The zero-order valence-corrected chi connectivity index (χ0v) is 21.3. The zero-order valence-electron chi connectivity index (χ0n) is 21.3. The monoisotopic (exact) mass is 563 g/mol. The normalized spacial score (nSPS) is 20.1. The van der Waals surface area contributed by atoms with Gasteiger partial charge in [-0.2, -0.15) is 32.0 Å². The number of aryl methyl sites for hydroxylation is 2. The molecule has 0 spiro atoms. The zero-order chi connectivity index (χ0) is 28.3. The first kappa shape index (κ1) is 26.4. The van der Waals surface area contributed by atoms with Crippen LogP contribution in [0.4, 0.5) is 32.3 Å². The Morgan fingerprint density at radius 2 is 1.75 bits per heavy atom. The van der Waals surface area contributed by atoms with Gasteiger partial charge in [-0.25, -0.2) is 24.0 Å². The maximum absolute atomic E-state index is 15.2. The van der Waals surface area contributed by atoms with E-state index >= 15 is 4.39 Å². The van der Waals surface area contributed by atoms with Crippen LogP contribution in [0.1, 0.15) is 48.0 Å². The van der Waals surface area contributed by atoms with Crippen molar-refractivity contribution in [1.82, 2.24) is 29.7 Å². The fourth-order valence-electron chi connectivity index (χ4n) is 4.80. The number of rotatable bonds is 5. The first-order valence-electron chi connectivity index (χ1n) is 12.6. The molecule has 0 radical (unpaired) electrons. The van der Waals surface area contributed by atoms with E-state index in [4.69, 9.17) is 4.74 Å². The molecule has 4 aromatic rings. The van der Waals surface area contributed by atoms with Gasteiger partial charge in [0.05, 0.1) is 35.8 Å². The van der Waals surface area contributed by atoms with E-state index in [0.29, 0.717) is 34.2 Å². The molecule has 2 unspecified atom stereocenters. The Morgan fingerprint density at radius 1 is 1.00 bits per heavy atom. The van der Waals surface area contributed by atoms with E-state index in [-0.39, 0.29) is 46.9 Å². The number of hydrogen-bond donors (Lipinski definition) is 0. The molecule has 0 amide bonds. The standard InChI is InChI=1S/C26H23F6N7O/c1-12-13(2)35-23-22(34-12)21(17-6-5-16(7-18(17)27)26(30,31)32)36-25(37-23)38-10-19(14-3-4-14)40-20(11-38)15-8-33-39(9-15)24(28)29/h5-9,14,19-20,24H,3-4,10-11H2,1-2H3. The van der Waals surface area contributed by atoms with Crippen LogP contribution in [0, 0.1) is 25.6 Å². The van der Waals surface area contributed by atoms with Crippen molar-refractivity contribution in [2.24, 2.45) is 5.92 Å². The second-order valence-electron chi connectivity index (χ2n) is 10.1. The minimum absolute atomic E-state index is 0.00152. The lowest BCUT2D eigenvalue weighted by Gasteiger charge is -2.38. The van der Waals surface area contributed by atoms with Crippen LogP contribution in [0.15, 0.2) is 30.6 Å². The SMILES string of the molecule is Cc1nc2nc(N3CC(c4cnn(C(F)F)c4)OC(C4CC4)C3)nc(-c3ccc(C(F)(F)F)cc3F)c2nc1C. The lowest BCUT2D eigenvalue weighted by molar-refractivity contribution is -0.137. The second kappa shape index (κ2) is 9.68. The predicted molar refractivity (Wildman–Crippen MR) is 131 cm³/mol. The van der Waals surface area contributed by atoms with E-state index in [9.17, 15) is 22.0 Å². The number of alkyl halides is 5. The van der Waals surface area contributed by atoms with Crippen LogP contribution >= 0.6 is 0 Å². The molecular weight excluding hydrogens is 540 g/mol. The van der Waals surface area contributed by atoms with E-state index in [1.54, 1.807) is 18.7 Å². The van der Waals surface area contributed by atoms with Crippen molar-refractivity contribution in [3.8, 4) is 11.3 Å². The van der Waals surface area contributed by atoms with Crippen LogP contribution in [-0.4, -0.2) is 48.9 Å². The summed E-state index contributed by atoms with van der Waals surface area (Å²) in [6, 6.07) is 2.23. The third-order valence-corrected chi connectivity index (χ3v) is 7.23. The Hall–Kier alpha value is -3.81. The molecule has 0 bridgehead atoms. The average Bonchev–Trinajstić information content (AvgIpc) is 3.63. The van der Waals surface area contributed by atoms with Gasteiger partial charge in [0, 0.05) is 23.9 Å². The minimum Gasteiger partial charge on any atom is -0.366 e. The summed E-state index contributed by atoms with van der Waals surface area (Å²) in [5.41, 5.74) is 0.556. The number of aromatic nitrogens is 6. The third kappa shape index (κ3) is 4.95. The highest BCUT2D eigenvalue weighted by molar-refractivity contribution is 5.88. The largest absolute Gasteiger partial charge is 0.416 e. The third-order valence-electron chi connectivity index (χ3n) is 7.23. The molecule has 1 aromatic carbocycles. The van der Waals surface area contributed by atoms with E-state index in [0.717, 1.165) is 25.0 Å². The van der Waals surface area contributed by atoms with E-state index in [2.05, 4.69) is 25.0 Å². The van der Waals surface area contributed by atoms with Crippen LogP contribution < -0.4 is 4.90 Å².